The highest BCUT2D eigenvalue weighted by molar-refractivity contribution is 7.92. The normalized spacial score (nSPS) is 11.2. The van der Waals surface area contributed by atoms with E-state index in [4.69, 9.17) is 4.74 Å². The van der Waals surface area contributed by atoms with Crippen LogP contribution in [0.4, 0.5) is 14.5 Å². The molecule has 2 aromatic carbocycles. The first kappa shape index (κ1) is 14.3. The summed E-state index contributed by atoms with van der Waals surface area (Å²) in [5, 5.41) is 0. The summed E-state index contributed by atoms with van der Waals surface area (Å²) in [6.07, 6.45) is 0. The molecule has 0 saturated carbocycles. The van der Waals surface area contributed by atoms with E-state index in [1.165, 1.54) is 31.4 Å². The lowest BCUT2D eigenvalue weighted by Crippen LogP contribution is -2.15. The van der Waals surface area contributed by atoms with Crippen LogP contribution in [0.25, 0.3) is 0 Å². The zero-order valence-corrected chi connectivity index (χ0v) is 11.2. The second-order valence-electron chi connectivity index (χ2n) is 3.88. The van der Waals surface area contributed by atoms with E-state index in [9.17, 15) is 17.2 Å². The average Bonchev–Trinajstić information content (AvgIpc) is 2.41. The molecule has 4 nitrogen and oxygen atoms in total. The Morgan fingerprint density at radius 3 is 2.40 bits per heavy atom. The second kappa shape index (κ2) is 5.46. The fourth-order valence-electron chi connectivity index (χ4n) is 1.57. The summed E-state index contributed by atoms with van der Waals surface area (Å²) in [6, 6.07) is 8.41. The molecule has 0 aliphatic carbocycles. The van der Waals surface area contributed by atoms with Gasteiger partial charge in [0.2, 0.25) is 0 Å². The van der Waals surface area contributed by atoms with Gasteiger partial charge in [0.1, 0.15) is 22.3 Å². The average molecular weight is 299 g/mol. The van der Waals surface area contributed by atoms with Crippen molar-refractivity contribution in [3.8, 4) is 5.75 Å². The van der Waals surface area contributed by atoms with Crippen molar-refractivity contribution in [2.45, 2.75) is 4.90 Å². The molecule has 0 aliphatic rings. The van der Waals surface area contributed by atoms with Crippen LogP contribution in [0.5, 0.6) is 5.75 Å². The third-order valence-electron chi connectivity index (χ3n) is 2.54. The lowest BCUT2D eigenvalue weighted by atomic mass is 10.3. The van der Waals surface area contributed by atoms with Crippen molar-refractivity contribution in [2.75, 3.05) is 11.8 Å². The number of ether oxygens (including phenoxy) is 1. The van der Waals surface area contributed by atoms with Crippen molar-refractivity contribution >= 4 is 15.7 Å². The van der Waals surface area contributed by atoms with Gasteiger partial charge in [0, 0.05) is 6.07 Å². The van der Waals surface area contributed by atoms with Crippen molar-refractivity contribution in [1.29, 1.82) is 0 Å². The largest absolute Gasteiger partial charge is 0.497 e. The number of hydrogen-bond donors (Lipinski definition) is 1. The molecule has 0 aliphatic heterocycles. The maximum atomic E-state index is 13.6. The van der Waals surface area contributed by atoms with Crippen LogP contribution in [0.3, 0.4) is 0 Å². The molecule has 0 atom stereocenters. The molecule has 20 heavy (non-hydrogen) atoms. The van der Waals surface area contributed by atoms with E-state index < -0.39 is 26.6 Å². The highest BCUT2D eigenvalue weighted by Crippen LogP contribution is 2.24. The van der Waals surface area contributed by atoms with E-state index in [2.05, 4.69) is 0 Å². The van der Waals surface area contributed by atoms with Crippen LogP contribution >= 0.6 is 0 Å². The van der Waals surface area contributed by atoms with E-state index in [1.807, 2.05) is 4.72 Å². The number of nitrogens with one attached hydrogen (secondary N) is 1. The summed E-state index contributed by atoms with van der Waals surface area (Å²) in [5.41, 5.74) is -0.312. The molecule has 0 unspecified atom stereocenters. The smallest absolute Gasteiger partial charge is 0.264 e. The third-order valence-corrected chi connectivity index (χ3v) is 3.94. The Morgan fingerprint density at radius 2 is 1.75 bits per heavy atom. The van der Waals surface area contributed by atoms with Crippen LogP contribution in [0.15, 0.2) is 47.4 Å². The highest BCUT2D eigenvalue weighted by atomic mass is 32.2. The fraction of sp³-hybridized carbons (Fsp3) is 0.0769. The Balaban J connectivity index is 2.41. The minimum absolute atomic E-state index is 0.276. The predicted octanol–water partition coefficient (Wildman–Crippen LogP) is 2.77. The molecular formula is C13H11F2NO3S. The van der Waals surface area contributed by atoms with E-state index in [0.29, 0.717) is 0 Å². The van der Waals surface area contributed by atoms with Gasteiger partial charge in [0.25, 0.3) is 10.0 Å². The number of anilines is 1. The third kappa shape index (κ3) is 2.88. The van der Waals surface area contributed by atoms with Crippen molar-refractivity contribution in [3.05, 3.63) is 54.1 Å². The van der Waals surface area contributed by atoms with Crippen molar-refractivity contribution in [2.24, 2.45) is 0 Å². The first-order valence-corrected chi connectivity index (χ1v) is 7.03. The molecule has 0 aromatic heterocycles. The molecule has 0 radical (unpaired) electrons. The van der Waals surface area contributed by atoms with Crippen LogP contribution in [0, 0.1) is 11.6 Å². The number of benzene rings is 2. The number of methoxy groups -OCH3 is 1. The monoisotopic (exact) mass is 299 g/mol. The number of halogens is 2. The fourth-order valence-corrected chi connectivity index (χ4v) is 2.71. The summed E-state index contributed by atoms with van der Waals surface area (Å²) in [6.45, 7) is 0. The topological polar surface area (TPSA) is 55.4 Å². The summed E-state index contributed by atoms with van der Waals surface area (Å²) < 4.78 is 58.0. The minimum Gasteiger partial charge on any atom is -0.497 e. The van der Waals surface area contributed by atoms with Gasteiger partial charge in [-0.3, -0.25) is 4.72 Å². The number of hydrogen-bond acceptors (Lipinski definition) is 3. The number of sulfonamides is 1. The molecule has 0 fully saturated rings. The Bertz CT molecular complexity index is 732. The zero-order chi connectivity index (χ0) is 14.8. The van der Waals surface area contributed by atoms with Crippen LogP contribution in [-0.2, 0) is 10.0 Å². The molecule has 0 spiro atoms. The Labute approximate surface area is 115 Å². The van der Waals surface area contributed by atoms with E-state index in [0.717, 1.165) is 18.2 Å². The van der Waals surface area contributed by atoms with Gasteiger partial charge in [-0.1, -0.05) is 12.1 Å². The quantitative estimate of drug-likeness (QED) is 0.944. The molecule has 0 bridgehead atoms. The van der Waals surface area contributed by atoms with Crippen molar-refractivity contribution in [1.82, 2.24) is 0 Å². The summed E-state index contributed by atoms with van der Waals surface area (Å²) in [4.78, 5) is -0.554. The van der Waals surface area contributed by atoms with Gasteiger partial charge in [-0.2, -0.15) is 0 Å². The Hall–Kier alpha value is -2.15. The minimum atomic E-state index is -4.21. The Kier molecular flexibility index (Phi) is 3.89. The standard InChI is InChI=1S/C13H11F2NO3S/c1-19-9-6-7-10(14)12(8-9)16-20(17,18)13-5-3-2-4-11(13)15/h2-8,16H,1H3. The van der Waals surface area contributed by atoms with Crippen LogP contribution in [0.1, 0.15) is 0 Å². The van der Waals surface area contributed by atoms with Gasteiger partial charge in [-0.05, 0) is 24.3 Å². The van der Waals surface area contributed by atoms with E-state index in [-0.39, 0.29) is 11.4 Å². The molecule has 7 heteroatoms. The SMILES string of the molecule is COc1ccc(F)c(NS(=O)(=O)c2ccccc2F)c1. The first-order chi connectivity index (χ1) is 9.44. The number of rotatable bonds is 4. The maximum absolute atomic E-state index is 13.6. The maximum Gasteiger partial charge on any atom is 0.264 e. The Morgan fingerprint density at radius 1 is 1.05 bits per heavy atom. The van der Waals surface area contributed by atoms with Gasteiger partial charge < -0.3 is 4.74 Å². The summed E-state index contributed by atoms with van der Waals surface area (Å²) in [5.74, 6) is -1.42. The van der Waals surface area contributed by atoms with Gasteiger partial charge in [-0.25, -0.2) is 17.2 Å². The van der Waals surface area contributed by atoms with Gasteiger partial charge >= 0.3 is 0 Å². The van der Waals surface area contributed by atoms with Gasteiger partial charge in [-0.15, -0.1) is 0 Å². The lowest BCUT2D eigenvalue weighted by Gasteiger charge is -2.10. The first-order valence-electron chi connectivity index (χ1n) is 5.55. The van der Waals surface area contributed by atoms with Gasteiger partial charge in [0.05, 0.1) is 12.8 Å². The molecule has 0 amide bonds. The molecule has 2 aromatic rings. The molecule has 2 rings (SSSR count). The van der Waals surface area contributed by atoms with Crippen molar-refractivity contribution < 1.29 is 21.9 Å². The van der Waals surface area contributed by atoms with Crippen LogP contribution in [-0.4, -0.2) is 15.5 Å². The highest BCUT2D eigenvalue weighted by Gasteiger charge is 2.20. The summed E-state index contributed by atoms with van der Waals surface area (Å²) >= 11 is 0. The van der Waals surface area contributed by atoms with Crippen molar-refractivity contribution in [3.63, 3.8) is 0 Å². The predicted molar refractivity (Wildman–Crippen MR) is 70.2 cm³/mol. The van der Waals surface area contributed by atoms with Gasteiger partial charge in [0.15, 0.2) is 0 Å². The van der Waals surface area contributed by atoms with E-state index >= 15 is 0 Å². The lowest BCUT2D eigenvalue weighted by molar-refractivity contribution is 0.414. The molecule has 1 N–H and O–H groups in total. The van der Waals surface area contributed by atoms with Crippen LogP contribution < -0.4 is 9.46 Å². The molecule has 106 valence electrons. The molecular weight excluding hydrogens is 288 g/mol. The zero-order valence-electron chi connectivity index (χ0n) is 10.4. The molecule has 0 saturated heterocycles. The van der Waals surface area contributed by atoms with E-state index in [1.54, 1.807) is 0 Å². The summed E-state index contributed by atoms with van der Waals surface area (Å²) in [7, 11) is -2.85. The molecule has 0 heterocycles. The second-order valence-corrected chi connectivity index (χ2v) is 5.53. The van der Waals surface area contributed by atoms with Crippen LogP contribution in [0.2, 0.25) is 0 Å².